The lowest BCUT2D eigenvalue weighted by Crippen LogP contribution is -2.54. The predicted octanol–water partition coefficient (Wildman–Crippen LogP) is 3.57. The largest absolute Gasteiger partial charge is 0.454 e. The minimum atomic E-state index is 0.349. The average molecular weight is 414 g/mol. The van der Waals surface area contributed by atoms with Crippen LogP contribution in [0.25, 0.3) is 0 Å². The Morgan fingerprint density at radius 3 is 2.62 bits per heavy atom. The number of nitrogens with zero attached hydrogens (tertiary/aromatic N) is 3. The molecule has 6 heteroatoms. The fourth-order valence-corrected chi connectivity index (χ4v) is 5.78. The summed E-state index contributed by atoms with van der Waals surface area (Å²) >= 11 is 1.95. The molecule has 0 radical (unpaired) electrons. The third kappa shape index (κ3) is 4.61. The van der Waals surface area contributed by atoms with E-state index in [-0.39, 0.29) is 0 Å². The van der Waals surface area contributed by atoms with Gasteiger partial charge in [0.1, 0.15) is 0 Å². The van der Waals surface area contributed by atoms with Gasteiger partial charge in [0.2, 0.25) is 6.79 Å². The fourth-order valence-electron chi connectivity index (χ4n) is 4.85. The number of fused-ring (bicyclic) bond motifs is 1. The van der Waals surface area contributed by atoms with Crippen LogP contribution < -0.4 is 9.47 Å². The number of piperidine rings is 1. The first kappa shape index (κ1) is 19.4. The number of hydrogen-bond donors (Lipinski definition) is 0. The normalized spacial score (nSPS) is 23.6. The van der Waals surface area contributed by atoms with E-state index >= 15 is 0 Å². The minimum Gasteiger partial charge on any atom is -0.454 e. The Hall–Kier alpha value is -1.60. The van der Waals surface area contributed by atoms with E-state index in [0.29, 0.717) is 6.79 Å². The Bertz CT molecular complexity index is 831. The molecule has 0 spiro atoms. The molecular formula is C23H31N3O2S. The number of piperazine rings is 1. The van der Waals surface area contributed by atoms with Crippen LogP contribution in [0.4, 0.5) is 0 Å². The molecule has 1 unspecified atom stereocenters. The lowest BCUT2D eigenvalue weighted by molar-refractivity contribution is 0.0480. The number of rotatable bonds is 5. The Balaban J connectivity index is 1.11. The second kappa shape index (κ2) is 8.64. The van der Waals surface area contributed by atoms with Crippen molar-refractivity contribution in [2.45, 2.75) is 38.9 Å². The molecule has 0 aliphatic carbocycles. The van der Waals surface area contributed by atoms with Gasteiger partial charge < -0.3 is 9.47 Å². The lowest BCUT2D eigenvalue weighted by atomic mass is 10.0. The van der Waals surface area contributed by atoms with Gasteiger partial charge in [-0.1, -0.05) is 6.07 Å². The van der Waals surface area contributed by atoms with Gasteiger partial charge in [0.05, 0.1) is 0 Å². The summed E-state index contributed by atoms with van der Waals surface area (Å²) in [6.45, 7) is 11.8. The van der Waals surface area contributed by atoms with Crippen molar-refractivity contribution in [1.29, 1.82) is 0 Å². The molecular weight excluding hydrogens is 382 g/mol. The summed E-state index contributed by atoms with van der Waals surface area (Å²) in [4.78, 5) is 10.9. The first-order valence-corrected chi connectivity index (χ1v) is 11.7. The van der Waals surface area contributed by atoms with Crippen molar-refractivity contribution in [2.24, 2.45) is 0 Å². The molecule has 29 heavy (non-hydrogen) atoms. The summed E-state index contributed by atoms with van der Waals surface area (Å²) in [5, 5.41) is 0. The van der Waals surface area contributed by atoms with Crippen LogP contribution in [0.3, 0.4) is 0 Å². The third-order valence-electron chi connectivity index (χ3n) is 6.42. The summed E-state index contributed by atoms with van der Waals surface area (Å²) in [5.74, 6) is 1.77. The molecule has 4 heterocycles. The van der Waals surface area contributed by atoms with E-state index in [9.17, 15) is 0 Å². The molecule has 0 saturated carbocycles. The van der Waals surface area contributed by atoms with Crippen molar-refractivity contribution < 1.29 is 9.47 Å². The van der Waals surface area contributed by atoms with Crippen molar-refractivity contribution in [3.05, 3.63) is 45.6 Å². The van der Waals surface area contributed by atoms with E-state index in [2.05, 4.69) is 45.9 Å². The topological polar surface area (TPSA) is 28.2 Å². The summed E-state index contributed by atoms with van der Waals surface area (Å²) in [6.07, 6.45) is 2.68. The molecule has 156 valence electrons. The van der Waals surface area contributed by atoms with Gasteiger partial charge in [0.15, 0.2) is 11.5 Å². The fraction of sp³-hybridized carbons (Fsp3) is 0.565. The Kier molecular flexibility index (Phi) is 5.77. The van der Waals surface area contributed by atoms with E-state index in [1.807, 2.05) is 17.4 Å². The van der Waals surface area contributed by atoms with E-state index in [1.165, 1.54) is 54.3 Å². The van der Waals surface area contributed by atoms with Gasteiger partial charge >= 0.3 is 0 Å². The molecule has 3 aliphatic heterocycles. The van der Waals surface area contributed by atoms with Crippen LogP contribution in [-0.4, -0.2) is 66.8 Å². The molecule has 3 aliphatic rings. The number of thiophene rings is 1. The molecule has 2 saturated heterocycles. The van der Waals surface area contributed by atoms with Crippen molar-refractivity contribution in [2.75, 3.05) is 46.1 Å². The van der Waals surface area contributed by atoms with Crippen LogP contribution in [-0.2, 0) is 13.1 Å². The highest BCUT2D eigenvalue weighted by molar-refractivity contribution is 7.11. The highest BCUT2D eigenvalue weighted by Crippen LogP contribution is 2.33. The zero-order valence-corrected chi connectivity index (χ0v) is 18.1. The molecule has 5 nitrogen and oxygen atoms in total. The summed E-state index contributed by atoms with van der Waals surface area (Å²) in [7, 11) is 0. The molecule has 2 fully saturated rings. The van der Waals surface area contributed by atoms with Crippen LogP contribution >= 0.6 is 11.3 Å². The molecule has 1 aromatic carbocycles. The SMILES string of the molecule is Cc1ccc(CN2CCCC(N3CCN(Cc4ccc5c(c4)OCO5)CC3)C2)s1. The second-order valence-corrected chi connectivity index (χ2v) is 9.92. The Labute approximate surface area is 177 Å². The molecule has 5 rings (SSSR count). The van der Waals surface area contributed by atoms with Crippen molar-refractivity contribution in [3.8, 4) is 11.5 Å². The van der Waals surface area contributed by atoms with Crippen LogP contribution in [0.15, 0.2) is 30.3 Å². The average Bonchev–Trinajstić information content (AvgIpc) is 3.37. The maximum Gasteiger partial charge on any atom is 0.231 e. The van der Waals surface area contributed by atoms with E-state index in [0.717, 1.165) is 43.7 Å². The Morgan fingerprint density at radius 1 is 0.931 bits per heavy atom. The van der Waals surface area contributed by atoms with Crippen LogP contribution in [0.2, 0.25) is 0 Å². The molecule has 1 aromatic heterocycles. The lowest BCUT2D eigenvalue weighted by Gasteiger charge is -2.43. The van der Waals surface area contributed by atoms with Gasteiger partial charge in [-0.3, -0.25) is 14.7 Å². The van der Waals surface area contributed by atoms with Crippen molar-refractivity contribution >= 4 is 11.3 Å². The zero-order valence-electron chi connectivity index (χ0n) is 17.3. The van der Waals surface area contributed by atoms with Crippen molar-refractivity contribution in [1.82, 2.24) is 14.7 Å². The van der Waals surface area contributed by atoms with Crippen molar-refractivity contribution in [3.63, 3.8) is 0 Å². The maximum atomic E-state index is 5.53. The van der Waals surface area contributed by atoms with Gasteiger partial charge in [-0.2, -0.15) is 0 Å². The first-order valence-electron chi connectivity index (χ1n) is 10.9. The zero-order chi connectivity index (χ0) is 19.6. The number of benzene rings is 1. The van der Waals surface area contributed by atoms with Crippen LogP contribution in [0.5, 0.6) is 11.5 Å². The van der Waals surface area contributed by atoms with Gasteiger partial charge in [0, 0.05) is 61.6 Å². The minimum absolute atomic E-state index is 0.349. The smallest absolute Gasteiger partial charge is 0.231 e. The summed E-state index contributed by atoms with van der Waals surface area (Å²) in [5.41, 5.74) is 1.32. The number of hydrogen-bond acceptors (Lipinski definition) is 6. The van der Waals surface area contributed by atoms with E-state index < -0.39 is 0 Å². The van der Waals surface area contributed by atoms with Gasteiger partial charge in [-0.25, -0.2) is 0 Å². The van der Waals surface area contributed by atoms with Gasteiger partial charge in [-0.05, 0) is 56.1 Å². The molecule has 0 N–H and O–H groups in total. The number of likely N-dealkylation sites (tertiary alicyclic amines) is 1. The Morgan fingerprint density at radius 2 is 1.79 bits per heavy atom. The maximum absolute atomic E-state index is 5.53. The van der Waals surface area contributed by atoms with E-state index in [1.54, 1.807) is 0 Å². The standard InChI is InChI=1S/C23H31N3O2S/c1-18-4-6-21(29-18)16-25-8-2-3-20(15-25)26-11-9-24(10-12-26)14-19-5-7-22-23(13-19)28-17-27-22/h4-7,13,20H,2-3,8-12,14-17H2,1H3. The van der Waals surface area contributed by atoms with Crippen LogP contribution in [0, 0.1) is 6.92 Å². The number of aryl methyl sites for hydroxylation is 1. The molecule has 1 atom stereocenters. The molecule has 0 amide bonds. The predicted molar refractivity (Wildman–Crippen MR) is 117 cm³/mol. The summed E-state index contributed by atoms with van der Waals surface area (Å²) < 4.78 is 11.0. The monoisotopic (exact) mass is 413 g/mol. The van der Waals surface area contributed by atoms with Gasteiger partial charge in [-0.15, -0.1) is 11.3 Å². The highest BCUT2D eigenvalue weighted by atomic mass is 32.1. The van der Waals surface area contributed by atoms with Gasteiger partial charge in [0.25, 0.3) is 0 Å². The number of ether oxygens (including phenoxy) is 2. The molecule has 2 aromatic rings. The third-order valence-corrected chi connectivity index (χ3v) is 7.41. The van der Waals surface area contributed by atoms with Crippen LogP contribution in [0.1, 0.15) is 28.2 Å². The highest BCUT2D eigenvalue weighted by Gasteiger charge is 2.28. The second-order valence-electron chi connectivity index (χ2n) is 8.54. The summed E-state index contributed by atoms with van der Waals surface area (Å²) in [6, 6.07) is 11.6. The molecule has 0 bridgehead atoms. The first-order chi connectivity index (χ1) is 14.2. The quantitative estimate of drug-likeness (QED) is 0.747. The van der Waals surface area contributed by atoms with E-state index in [4.69, 9.17) is 9.47 Å².